The molecular weight excluding hydrogens is 452 g/mol. The SMILES string of the molecule is O=[N+]([O-])c1ccc(-c2noc(C34CC5CC(C3)CC(n3cnc(Br)n3)(C5)C4)n2)cc1. The van der Waals surface area contributed by atoms with Gasteiger partial charge in [-0.25, -0.2) is 9.67 Å². The maximum absolute atomic E-state index is 10.9. The molecule has 4 aliphatic rings. The molecule has 4 fully saturated rings. The van der Waals surface area contributed by atoms with Crippen molar-refractivity contribution < 1.29 is 9.45 Å². The average molecular weight is 471 g/mol. The van der Waals surface area contributed by atoms with E-state index in [2.05, 4.69) is 35.9 Å². The molecule has 7 rings (SSSR count). The highest BCUT2D eigenvalue weighted by atomic mass is 79.9. The lowest BCUT2D eigenvalue weighted by Crippen LogP contribution is -2.58. The molecule has 2 aromatic heterocycles. The van der Waals surface area contributed by atoms with Crippen LogP contribution in [-0.4, -0.2) is 29.8 Å². The molecule has 2 unspecified atom stereocenters. The third-order valence-corrected chi connectivity index (χ3v) is 7.56. The van der Waals surface area contributed by atoms with Crippen molar-refractivity contribution in [3.63, 3.8) is 0 Å². The van der Waals surface area contributed by atoms with Gasteiger partial charge in [0, 0.05) is 17.7 Å². The second-order valence-electron chi connectivity index (χ2n) is 9.15. The van der Waals surface area contributed by atoms with Crippen molar-refractivity contribution in [3.8, 4) is 11.4 Å². The number of benzene rings is 1. The maximum Gasteiger partial charge on any atom is 0.269 e. The Morgan fingerprint density at radius 3 is 2.53 bits per heavy atom. The maximum atomic E-state index is 10.9. The first kappa shape index (κ1) is 18.2. The van der Waals surface area contributed by atoms with Gasteiger partial charge in [-0.2, -0.15) is 4.98 Å². The topological polar surface area (TPSA) is 113 Å². The Hall–Kier alpha value is -2.62. The predicted octanol–water partition coefficient (Wildman–Crippen LogP) is 4.25. The molecule has 1 aromatic carbocycles. The first-order valence-corrected chi connectivity index (χ1v) is 10.9. The summed E-state index contributed by atoms with van der Waals surface area (Å²) >= 11 is 3.39. The van der Waals surface area contributed by atoms with Crippen LogP contribution < -0.4 is 0 Å². The van der Waals surface area contributed by atoms with Gasteiger partial charge in [-0.15, -0.1) is 5.10 Å². The largest absolute Gasteiger partial charge is 0.338 e. The number of nitrogens with zero attached hydrogens (tertiary/aromatic N) is 6. The van der Waals surface area contributed by atoms with Crippen LogP contribution in [0, 0.1) is 22.0 Å². The minimum atomic E-state index is -0.414. The van der Waals surface area contributed by atoms with Crippen LogP contribution in [0.15, 0.2) is 39.8 Å². The van der Waals surface area contributed by atoms with E-state index in [-0.39, 0.29) is 16.6 Å². The molecule has 3 aromatic rings. The molecule has 154 valence electrons. The molecule has 0 spiro atoms. The van der Waals surface area contributed by atoms with Crippen molar-refractivity contribution in [3.05, 3.63) is 51.3 Å². The summed E-state index contributed by atoms with van der Waals surface area (Å²) < 4.78 is 8.49. The van der Waals surface area contributed by atoms with Crippen molar-refractivity contribution in [2.75, 3.05) is 0 Å². The number of rotatable bonds is 4. The predicted molar refractivity (Wildman–Crippen MR) is 108 cm³/mol. The molecule has 0 saturated heterocycles. The van der Waals surface area contributed by atoms with Gasteiger partial charge in [0.05, 0.1) is 15.9 Å². The monoisotopic (exact) mass is 470 g/mol. The molecule has 0 radical (unpaired) electrons. The Kier molecular flexibility index (Phi) is 3.75. The molecule has 4 saturated carbocycles. The first-order chi connectivity index (χ1) is 14.4. The van der Waals surface area contributed by atoms with Gasteiger partial charge >= 0.3 is 0 Å². The minimum Gasteiger partial charge on any atom is -0.338 e. The van der Waals surface area contributed by atoms with Crippen LogP contribution in [0.5, 0.6) is 0 Å². The summed E-state index contributed by atoms with van der Waals surface area (Å²) in [5.74, 6) is 2.40. The minimum absolute atomic E-state index is 0.0458. The molecule has 2 heterocycles. The van der Waals surface area contributed by atoms with E-state index >= 15 is 0 Å². The zero-order chi connectivity index (χ0) is 20.5. The van der Waals surface area contributed by atoms with Crippen LogP contribution in [-0.2, 0) is 11.0 Å². The molecule has 4 aliphatic carbocycles. The van der Waals surface area contributed by atoms with Crippen LogP contribution in [0.1, 0.15) is 44.4 Å². The van der Waals surface area contributed by atoms with E-state index in [1.807, 2.05) is 6.33 Å². The molecule has 0 aliphatic heterocycles. The third kappa shape index (κ3) is 2.65. The third-order valence-electron chi connectivity index (χ3n) is 7.20. The smallest absolute Gasteiger partial charge is 0.269 e. The Morgan fingerprint density at radius 2 is 1.90 bits per heavy atom. The summed E-state index contributed by atoms with van der Waals surface area (Å²) in [5, 5.41) is 19.7. The second kappa shape index (κ2) is 6.19. The number of aromatic nitrogens is 5. The van der Waals surface area contributed by atoms with E-state index in [0.717, 1.165) is 37.7 Å². The van der Waals surface area contributed by atoms with Gasteiger partial charge in [0.2, 0.25) is 16.4 Å². The lowest BCUT2D eigenvalue weighted by molar-refractivity contribution is -0.384. The fourth-order valence-electron chi connectivity index (χ4n) is 6.49. The van der Waals surface area contributed by atoms with Crippen LogP contribution >= 0.6 is 15.9 Å². The van der Waals surface area contributed by atoms with Gasteiger partial charge in [-0.1, -0.05) is 5.16 Å². The Bertz CT molecular complexity index is 1130. The molecule has 0 N–H and O–H groups in total. The number of hydrogen-bond donors (Lipinski definition) is 0. The van der Waals surface area contributed by atoms with E-state index < -0.39 is 4.92 Å². The van der Waals surface area contributed by atoms with Crippen LogP contribution in [0.4, 0.5) is 5.69 Å². The van der Waals surface area contributed by atoms with Crippen molar-refractivity contribution in [1.82, 2.24) is 24.9 Å². The van der Waals surface area contributed by atoms with Crippen molar-refractivity contribution in [2.45, 2.75) is 49.5 Å². The Morgan fingerprint density at radius 1 is 1.17 bits per heavy atom. The number of non-ortho nitro benzene ring substituents is 1. The van der Waals surface area contributed by atoms with Gasteiger partial charge < -0.3 is 4.52 Å². The number of halogens is 1. The van der Waals surface area contributed by atoms with Gasteiger partial charge in [0.1, 0.15) is 6.33 Å². The molecule has 2 atom stereocenters. The highest BCUT2D eigenvalue weighted by Crippen LogP contribution is 2.64. The molecule has 4 bridgehead atoms. The van der Waals surface area contributed by atoms with E-state index in [1.54, 1.807) is 12.1 Å². The first-order valence-electron chi connectivity index (χ1n) is 10.1. The van der Waals surface area contributed by atoms with Gasteiger partial charge in [0.15, 0.2) is 0 Å². The Labute approximate surface area is 180 Å². The summed E-state index contributed by atoms with van der Waals surface area (Å²) in [6, 6.07) is 6.27. The molecular formula is C20H19BrN6O3. The van der Waals surface area contributed by atoms with Gasteiger partial charge in [-0.05, 0) is 78.4 Å². The average Bonchev–Trinajstić information content (AvgIpc) is 3.37. The van der Waals surface area contributed by atoms with E-state index in [9.17, 15) is 10.1 Å². The van der Waals surface area contributed by atoms with Crippen LogP contribution in [0.25, 0.3) is 11.4 Å². The normalized spacial score (nSPS) is 31.9. The van der Waals surface area contributed by atoms with E-state index in [4.69, 9.17) is 9.51 Å². The lowest BCUT2D eigenvalue weighted by Gasteiger charge is -2.60. The van der Waals surface area contributed by atoms with Crippen molar-refractivity contribution in [2.24, 2.45) is 11.8 Å². The lowest BCUT2D eigenvalue weighted by atomic mass is 9.47. The summed E-state index contributed by atoms with van der Waals surface area (Å²) in [7, 11) is 0. The standard InChI is InChI=1S/C20H19BrN6O3/c21-18-22-11-26(24-18)20-8-12-5-13(9-20)7-19(6-12,10-20)17-23-16(25-30-17)14-1-3-15(4-2-14)27(28)29/h1-4,11-13H,5-10H2. The number of hydrogen-bond acceptors (Lipinski definition) is 7. The quantitative estimate of drug-likeness (QED) is 0.413. The highest BCUT2D eigenvalue weighted by Gasteiger charge is 2.61. The molecule has 30 heavy (non-hydrogen) atoms. The van der Waals surface area contributed by atoms with Crippen molar-refractivity contribution >= 4 is 21.6 Å². The van der Waals surface area contributed by atoms with Crippen molar-refractivity contribution in [1.29, 1.82) is 0 Å². The second-order valence-corrected chi connectivity index (χ2v) is 9.86. The zero-order valence-electron chi connectivity index (χ0n) is 16.1. The summed E-state index contributed by atoms with van der Waals surface area (Å²) in [5.41, 5.74) is 0.569. The molecule has 9 nitrogen and oxygen atoms in total. The van der Waals surface area contributed by atoms with Gasteiger partial charge in [-0.3, -0.25) is 10.1 Å². The highest BCUT2D eigenvalue weighted by molar-refractivity contribution is 9.10. The van der Waals surface area contributed by atoms with E-state index in [0.29, 0.717) is 28.3 Å². The Balaban J connectivity index is 1.36. The number of nitro benzene ring substituents is 1. The summed E-state index contributed by atoms with van der Waals surface area (Å²) in [6.45, 7) is 0. The summed E-state index contributed by atoms with van der Waals surface area (Å²) in [4.78, 5) is 19.6. The van der Waals surface area contributed by atoms with Crippen LogP contribution in [0.3, 0.4) is 0 Å². The molecule has 0 amide bonds. The fourth-order valence-corrected chi connectivity index (χ4v) is 6.75. The van der Waals surface area contributed by atoms with Crippen LogP contribution in [0.2, 0.25) is 0 Å². The van der Waals surface area contributed by atoms with E-state index in [1.165, 1.54) is 18.6 Å². The van der Waals surface area contributed by atoms with Gasteiger partial charge in [0.25, 0.3) is 5.69 Å². The number of nitro groups is 1. The zero-order valence-corrected chi connectivity index (χ0v) is 17.7. The summed E-state index contributed by atoms with van der Waals surface area (Å²) in [6.07, 6.45) is 8.36. The fraction of sp³-hybridized carbons (Fsp3) is 0.500. The molecule has 10 heteroatoms.